The molecule has 0 saturated carbocycles. The number of carbonyl (C=O) groups excluding carboxylic acids is 1. The lowest BCUT2D eigenvalue weighted by atomic mass is 10.5. The summed E-state index contributed by atoms with van der Waals surface area (Å²) in [6, 6.07) is 3.24. The molecule has 0 aromatic carbocycles. The second kappa shape index (κ2) is 8.15. The first-order valence-corrected chi connectivity index (χ1v) is 7.47. The summed E-state index contributed by atoms with van der Waals surface area (Å²) in [5.74, 6) is 1.13. The van der Waals surface area contributed by atoms with E-state index in [9.17, 15) is 4.79 Å². The van der Waals surface area contributed by atoms with E-state index in [4.69, 9.17) is 0 Å². The molecule has 8 heteroatoms. The Morgan fingerprint density at radius 1 is 1.24 bits per heavy atom. The van der Waals surface area contributed by atoms with Gasteiger partial charge in [0.2, 0.25) is 5.95 Å². The van der Waals surface area contributed by atoms with E-state index in [0.717, 1.165) is 23.0 Å². The summed E-state index contributed by atoms with van der Waals surface area (Å²) in [6.45, 7) is 2.50. The minimum Gasteiger partial charge on any atom is -0.338 e. The summed E-state index contributed by atoms with van der Waals surface area (Å²) in [5, 5.41) is 6.06. The maximum Gasteiger partial charge on any atom is 0.321 e. The minimum absolute atomic E-state index is 0.289. The second-order valence-corrected chi connectivity index (χ2v) is 5.20. The Morgan fingerprint density at radius 2 is 2.05 bits per heavy atom. The van der Waals surface area contributed by atoms with Gasteiger partial charge in [-0.25, -0.2) is 24.7 Å². The summed E-state index contributed by atoms with van der Waals surface area (Å²) in [7, 11) is 0. The van der Waals surface area contributed by atoms with Gasteiger partial charge in [-0.1, -0.05) is 11.8 Å². The fourth-order valence-corrected chi connectivity index (χ4v) is 2.26. The van der Waals surface area contributed by atoms with Gasteiger partial charge in [0.15, 0.2) is 5.16 Å². The molecule has 0 aliphatic heterocycles. The second-order valence-electron chi connectivity index (χ2n) is 4.14. The van der Waals surface area contributed by atoms with Gasteiger partial charge in [0, 0.05) is 36.6 Å². The molecule has 0 saturated heterocycles. The Labute approximate surface area is 127 Å². The molecule has 0 fully saturated rings. The number of hydrogen-bond acceptors (Lipinski definition) is 6. The van der Waals surface area contributed by atoms with Gasteiger partial charge in [0.1, 0.15) is 0 Å². The molecule has 0 spiro atoms. The van der Waals surface area contributed by atoms with E-state index in [0.29, 0.717) is 6.54 Å². The van der Waals surface area contributed by atoms with Crippen molar-refractivity contribution < 1.29 is 4.79 Å². The molecule has 2 aromatic heterocycles. The summed E-state index contributed by atoms with van der Waals surface area (Å²) in [4.78, 5) is 27.8. The Bertz CT molecular complexity index is 580. The number of nitrogens with zero attached hydrogens (tertiary/aromatic N) is 4. The number of nitrogens with one attached hydrogen (secondary N) is 2. The van der Waals surface area contributed by atoms with Crippen LogP contribution in [-0.4, -0.2) is 38.3 Å². The summed E-state index contributed by atoms with van der Waals surface area (Å²) in [5.41, 5.74) is 0.952. The van der Waals surface area contributed by atoms with Crippen LogP contribution in [0.2, 0.25) is 0 Å². The quantitative estimate of drug-likeness (QED) is 0.481. The minimum atomic E-state index is -0.307. The molecular weight excluding hydrogens is 288 g/mol. The SMILES string of the molecule is Cc1ccnc(SCCCNC(=O)Nc2ncccn2)n1. The van der Waals surface area contributed by atoms with E-state index in [1.165, 1.54) is 0 Å². The number of hydrogen-bond donors (Lipinski definition) is 2. The molecule has 7 nitrogen and oxygen atoms in total. The Morgan fingerprint density at radius 3 is 2.81 bits per heavy atom. The van der Waals surface area contributed by atoms with Gasteiger partial charge in [0.05, 0.1) is 0 Å². The van der Waals surface area contributed by atoms with E-state index in [-0.39, 0.29) is 12.0 Å². The van der Waals surface area contributed by atoms with Gasteiger partial charge in [-0.3, -0.25) is 5.32 Å². The van der Waals surface area contributed by atoms with Crippen molar-refractivity contribution in [3.63, 3.8) is 0 Å². The molecule has 0 aliphatic rings. The molecule has 110 valence electrons. The summed E-state index contributed by atoms with van der Waals surface area (Å²) < 4.78 is 0. The molecule has 21 heavy (non-hydrogen) atoms. The number of aryl methyl sites for hydroxylation is 1. The standard InChI is InChI=1S/C13H16N6OS/c1-10-4-8-17-13(18-10)21-9-3-7-16-12(20)19-11-14-5-2-6-15-11/h2,4-6,8H,3,7,9H2,1H3,(H2,14,15,16,19,20). The van der Waals surface area contributed by atoms with Crippen LogP contribution in [0.25, 0.3) is 0 Å². The third-order valence-electron chi connectivity index (χ3n) is 2.40. The van der Waals surface area contributed by atoms with Crippen LogP contribution in [0.4, 0.5) is 10.7 Å². The van der Waals surface area contributed by atoms with Crippen molar-refractivity contribution in [2.24, 2.45) is 0 Å². The predicted molar refractivity (Wildman–Crippen MR) is 81.2 cm³/mol. The molecule has 0 atom stereocenters. The highest BCUT2D eigenvalue weighted by molar-refractivity contribution is 7.99. The van der Waals surface area contributed by atoms with E-state index < -0.39 is 0 Å². The lowest BCUT2D eigenvalue weighted by Gasteiger charge is -2.05. The van der Waals surface area contributed by atoms with Gasteiger partial charge < -0.3 is 5.32 Å². The van der Waals surface area contributed by atoms with Crippen LogP contribution < -0.4 is 10.6 Å². The van der Waals surface area contributed by atoms with Crippen LogP contribution in [0.3, 0.4) is 0 Å². The number of anilines is 1. The smallest absolute Gasteiger partial charge is 0.321 e. The van der Waals surface area contributed by atoms with Gasteiger partial charge >= 0.3 is 6.03 Å². The molecular formula is C13H16N6OS. The molecule has 0 unspecified atom stereocenters. The molecule has 0 aliphatic carbocycles. The third kappa shape index (κ3) is 5.74. The maximum atomic E-state index is 11.6. The molecule has 2 aromatic rings. The predicted octanol–water partition coefficient (Wildman–Crippen LogP) is 1.88. The number of carbonyl (C=O) groups is 1. The van der Waals surface area contributed by atoms with Crippen molar-refractivity contribution in [2.45, 2.75) is 18.5 Å². The Kier molecular flexibility index (Phi) is 5.89. The maximum absolute atomic E-state index is 11.6. The van der Waals surface area contributed by atoms with Crippen LogP contribution in [0.1, 0.15) is 12.1 Å². The fourth-order valence-electron chi connectivity index (χ4n) is 1.44. The number of urea groups is 1. The first-order valence-electron chi connectivity index (χ1n) is 6.48. The third-order valence-corrected chi connectivity index (χ3v) is 3.35. The van der Waals surface area contributed by atoms with Gasteiger partial charge in [-0.15, -0.1) is 0 Å². The average molecular weight is 304 g/mol. The first-order chi connectivity index (χ1) is 10.2. The molecule has 2 N–H and O–H groups in total. The number of aromatic nitrogens is 4. The number of amides is 2. The monoisotopic (exact) mass is 304 g/mol. The van der Waals surface area contributed by atoms with E-state index >= 15 is 0 Å². The van der Waals surface area contributed by atoms with Crippen molar-refractivity contribution >= 4 is 23.7 Å². The summed E-state index contributed by atoms with van der Waals surface area (Å²) >= 11 is 1.57. The first kappa shape index (κ1) is 15.2. The average Bonchev–Trinajstić information content (AvgIpc) is 2.48. The molecule has 2 heterocycles. The van der Waals surface area contributed by atoms with Crippen molar-refractivity contribution in [1.82, 2.24) is 25.3 Å². The zero-order valence-electron chi connectivity index (χ0n) is 11.6. The Hall–Kier alpha value is -2.22. The molecule has 0 radical (unpaired) electrons. The van der Waals surface area contributed by atoms with Crippen LogP contribution in [0.15, 0.2) is 35.9 Å². The highest BCUT2D eigenvalue weighted by atomic mass is 32.2. The van der Waals surface area contributed by atoms with Crippen LogP contribution in [0, 0.1) is 6.92 Å². The topological polar surface area (TPSA) is 92.7 Å². The highest BCUT2D eigenvalue weighted by Crippen LogP contribution is 2.12. The zero-order chi connectivity index (χ0) is 14.9. The van der Waals surface area contributed by atoms with Crippen molar-refractivity contribution in [3.8, 4) is 0 Å². The fraction of sp³-hybridized carbons (Fsp3) is 0.308. The van der Waals surface area contributed by atoms with Crippen LogP contribution >= 0.6 is 11.8 Å². The normalized spacial score (nSPS) is 10.1. The van der Waals surface area contributed by atoms with Crippen molar-refractivity contribution in [1.29, 1.82) is 0 Å². The lowest BCUT2D eigenvalue weighted by molar-refractivity contribution is 0.252. The van der Waals surface area contributed by atoms with Gasteiger partial charge in [-0.2, -0.15) is 0 Å². The van der Waals surface area contributed by atoms with E-state index in [2.05, 4.69) is 30.6 Å². The Balaban J connectivity index is 1.60. The molecule has 2 rings (SSSR count). The number of thioether (sulfide) groups is 1. The number of rotatable bonds is 6. The van der Waals surface area contributed by atoms with Crippen LogP contribution in [0.5, 0.6) is 0 Å². The summed E-state index contributed by atoms with van der Waals surface area (Å²) in [6.07, 6.45) is 5.71. The van der Waals surface area contributed by atoms with E-state index in [1.807, 2.05) is 13.0 Å². The van der Waals surface area contributed by atoms with Crippen LogP contribution in [-0.2, 0) is 0 Å². The van der Waals surface area contributed by atoms with Gasteiger partial charge in [0.25, 0.3) is 0 Å². The van der Waals surface area contributed by atoms with Gasteiger partial charge in [-0.05, 0) is 25.5 Å². The molecule has 0 bridgehead atoms. The zero-order valence-corrected chi connectivity index (χ0v) is 12.4. The largest absolute Gasteiger partial charge is 0.338 e. The highest BCUT2D eigenvalue weighted by Gasteiger charge is 2.02. The molecule has 2 amide bonds. The van der Waals surface area contributed by atoms with E-state index in [1.54, 1.807) is 36.4 Å². The van der Waals surface area contributed by atoms with Crippen molar-refractivity contribution in [2.75, 3.05) is 17.6 Å². The lowest BCUT2D eigenvalue weighted by Crippen LogP contribution is -2.30. The van der Waals surface area contributed by atoms with Crippen molar-refractivity contribution in [3.05, 3.63) is 36.4 Å².